The minimum atomic E-state index is -3.83. The van der Waals surface area contributed by atoms with E-state index in [4.69, 9.17) is 16.3 Å². The van der Waals surface area contributed by atoms with E-state index in [-0.39, 0.29) is 28.6 Å². The maximum absolute atomic E-state index is 13.2. The number of aliphatic hydroxyl groups is 1. The number of carbonyl (C=O) groups is 1. The van der Waals surface area contributed by atoms with Crippen molar-refractivity contribution < 1.29 is 23.1 Å². The van der Waals surface area contributed by atoms with Crippen molar-refractivity contribution in [2.24, 2.45) is 17.8 Å². The van der Waals surface area contributed by atoms with E-state index in [0.717, 1.165) is 49.4 Å². The molecule has 40 heavy (non-hydrogen) atoms. The standard InChI is InChI=1S/C31H37ClN2O5S/c1-20-4-2-6-28(35)25-10-7-23(25)16-34-18-31(13-3-5-21-14-24(32)9-11-26(21)31)19-39-29-12-8-22(15-27(29)34)30(36)33-40(37,38)17-20/h2,6,8-9,11-12,14-15,20,23,25,28,35H,3-5,7,10,13,16-19H2,1H3,(H,33,36)/b6-2-/t20-,23-,25+,28+,31-/m0/s1. The van der Waals surface area contributed by atoms with Crippen LogP contribution in [0.5, 0.6) is 5.75 Å². The summed E-state index contributed by atoms with van der Waals surface area (Å²) in [5.74, 6) is 0.112. The number of hydrogen-bond acceptors (Lipinski definition) is 6. The third-order valence-corrected chi connectivity index (χ3v) is 11.0. The Morgan fingerprint density at radius 1 is 1.18 bits per heavy atom. The van der Waals surface area contributed by atoms with Gasteiger partial charge in [-0.15, -0.1) is 0 Å². The van der Waals surface area contributed by atoms with Crippen LogP contribution in [0.1, 0.15) is 60.5 Å². The fourth-order valence-electron chi connectivity index (χ4n) is 7.09. The Labute approximate surface area is 241 Å². The molecule has 6 rings (SSSR count). The molecule has 2 bridgehead atoms. The highest BCUT2D eigenvalue weighted by atomic mass is 35.5. The van der Waals surface area contributed by atoms with Gasteiger partial charge in [-0.25, -0.2) is 13.1 Å². The van der Waals surface area contributed by atoms with Gasteiger partial charge in [-0.1, -0.05) is 36.7 Å². The topological polar surface area (TPSA) is 95.9 Å². The van der Waals surface area contributed by atoms with Gasteiger partial charge in [0.25, 0.3) is 5.91 Å². The van der Waals surface area contributed by atoms with Crippen molar-refractivity contribution in [3.05, 3.63) is 70.3 Å². The predicted molar refractivity (Wildman–Crippen MR) is 157 cm³/mol. The number of sulfonamides is 1. The second-order valence-corrected chi connectivity index (χ2v) is 14.5. The number of carbonyl (C=O) groups excluding carboxylic acids is 1. The maximum Gasteiger partial charge on any atom is 0.264 e. The zero-order valence-corrected chi connectivity index (χ0v) is 24.4. The van der Waals surface area contributed by atoms with Crippen molar-refractivity contribution in [2.45, 2.75) is 57.0 Å². The molecule has 0 aromatic heterocycles. The van der Waals surface area contributed by atoms with Crippen LogP contribution < -0.4 is 14.4 Å². The first-order valence-corrected chi connectivity index (χ1v) is 16.4. The zero-order valence-electron chi connectivity index (χ0n) is 22.8. The molecule has 7 nitrogen and oxygen atoms in total. The van der Waals surface area contributed by atoms with Crippen LogP contribution in [0.2, 0.25) is 5.02 Å². The van der Waals surface area contributed by atoms with Gasteiger partial charge in [-0.2, -0.15) is 0 Å². The van der Waals surface area contributed by atoms with E-state index in [9.17, 15) is 18.3 Å². The van der Waals surface area contributed by atoms with Crippen LogP contribution in [0, 0.1) is 17.8 Å². The highest BCUT2D eigenvalue weighted by Crippen LogP contribution is 2.46. The molecule has 214 valence electrons. The Balaban J connectivity index is 1.42. The quantitative estimate of drug-likeness (QED) is 0.430. The summed E-state index contributed by atoms with van der Waals surface area (Å²) in [7, 11) is -3.83. The highest BCUT2D eigenvalue weighted by Gasteiger charge is 2.44. The molecule has 2 heterocycles. The molecule has 1 saturated carbocycles. The number of fused-ring (bicyclic) bond motifs is 4. The second kappa shape index (κ2) is 10.7. The van der Waals surface area contributed by atoms with Gasteiger partial charge in [-0.05, 0) is 97.7 Å². The predicted octanol–water partition coefficient (Wildman–Crippen LogP) is 4.86. The number of anilines is 1. The Hall–Kier alpha value is -2.55. The average Bonchev–Trinajstić information content (AvgIpc) is 3.02. The van der Waals surface area contributed by atoms with E-state index >= 15 is 0 Å². The number of benzene rings is 2. The fraction of sp³-hybridized carbons (Fsp3) is 0.516. The number of aryl methyl sites for hydroxylation is 1. The zero-order chi connectivity index (χ0) is 28.1. The number of nitrogens with zero attached hydrogens (tertiary/aromatic N) is 1. The normalized spacial score (nSPS) is 32.5. The number of rotatable bonds is 0. The first kappa shape index (κ1) is 27.6. The van der Waals surface area contributed by atoms with Crippen molar-refractivity contribution in [1.29, 1.82) is 0 Å². The van der Waals surface area contributed by atoms with E-state index in [0.29, 0.717) is 31.2 Å². The lowest BCUT2D eigenvalue weighted by Crippen LogP contribution is -2.49. The van der Waals surface area contributed by atoms with Gasteiger partial charge in [0.15, 0.2) is 0 Å². The van der Waals surface area contributed by atoms with Gasteiger partial charge >= 0.3 is 0 Å². The summed E-state index contributed by atoms with van der Waals surface area (Å²) in [5, 5.41) is 11.8. The first-order valence-electron chi connectivity index (χ1n) is 14.3. The lowest BCUT2D eigenvalue weighted by atomic mass is 9.68. The SMILES string of the molecule is C[C@H]1C/C=C\[C@@H](O)[C@@H]2CC[C@H]2CN2C[C@@]3(CCCc4cc(Cl)ccc43)COc3ccc(cc32)C(=O)NS(=O)(=O)C1. The molecule has 2 aliphatic heterocycles. The van der Waals surface area contributed by atoms with Crippen LogP contribution >= 0.6 is 11.6 Å². The minimum absolute atomic E-state index is 0.135. The Morgan fingerprint density at radius 2 is 2.02 bits per heavy atom. The van der Waals surface area contributed by atoms with Crippen LogP contribution in [0.15, 0.2) is 48.6 Å². The lowest BCUT2D eigenvalue weighted by Gasteiger charge is -2.45. The van der Waals surface area contributed by atoms with Crippen molar-refractivity contribution >= 4 is 33.2 Å². The monoisotopic (exact) mass is 584 g/mol. The molecule has 4 aliphatic rings. The molecule has 0 unspecified atom stereocenters. The number of hydrogen-bond donors (Lipinski definition) is 2. The van der Waals surface area contributed by atoms with Gasteiger partial charge in [0.1, 0.15) is 5.75 Å². The molecule has 2 N–H and O–H groups in total. The molecular weight excluding hydrogens is 548 g/mol. The molecule has 0 radical (unpaired) electrons. The molecular formula is C31H37ClN2O5S. The summed E-state index contributed by atoms with van der Waals surface area (Å²) in [6, 6.07) is 11.4. The van der Waals surface area contributed by atoms with Gasteiger partial charge in [0.05, 0.1) is 24.2 Å². The minimum Gasteiger partial charge on any atom is -0.490 e. The van der Waals surface area contributed by atoms with Crippen LogP contribution in [-0.4, -0.2) is 51.0 Å². The third kappa shape index (κ3) is 5.38. The van der Waals surface area contributed by atoms with E-state index in [1.54, 1.807) is 18.2 Å². The lowest BCUT2D eigenvalue weighted by molar-refractivity contribution is 0.0456. The smallest absolute Gasteiger partial charge is 0.264 e. The molecule has 2 aromatic carbocycles. The van der Waals surface area contributed by atoms with E-state index < -0.39 is 22.0 Å². The summed E-state index contributed by atoms with van der Waals surface area (Å²) in [6.07, 6.45) is 8.59. The summed E-state index contributed by atoms with van der Waals surface area (Å²) in [4.78, 5) is 15.5. The Morgan fingerprint density at radius 3 is 2.83 bits per heavy atom. The van der Waals surface area contributed by atoms with Gasteiger partial charge in [0, 0.05) is 29.1 Å². The molecule has 9 heteroatoms. The Bertz CT molecular complexity index is 1440. The second-order valence-electron chi connectivity index (χ2n) is 12.3. The van der Waals surface area contributed by atoms with E-state index in [1.807, 2.05) is 25.1 Å². The molecule has 1 spiro atoms. The van der Waals surface area contributed by atoms with Gasteiger partial charge < -0.3 is 14.7 Å². The summed E-state index contributed by atoms with van der Waals surface area (Å²) >= 11 is 6.37. The van der Waals surface area contributed by atoms with E-state index in [1.165, 1.54) is 11.1 Å². The summed E-state index contributed by atoms with van der Waals surface area (Å²) in [5.41, 5.74) is 3.34. The van der Waals surface area contributed by atoms with Crippen LogP contribution in [0.25, 0.3) is 0 Å². The van der Waals surface area contributed by atoms with E-state index in [2.05, 4.69) is 21.8 Å². The van der Waals surface area contributed by atoms with Crippen molar-refractivity contribution in [1.82, 2.24) is 4.72 Å². The summed E-state index contributed by atoms with van der Waals surface area (Å²) < 4.78 is 34.4. The first-order chi connectivity index (χ1) is 19.1. The number of aliphatic hydroxyl groups excluding tert-OH is 1. The average molecular weight is 585 g/mol. The number of amides is 1. The van der Waals surface area contributed by atoms with Crippen LogP contribution in [0.4, 0.5) is 5.69 Å². The number of halogens is 1. The van der Waals surface area contributed by atoms with Crippen molar-refractivity contribution in [2.75, 3.05) is 30.3 Å². The number of ether oxygens (including phenoxy) is 1. The molecule has 5 atom stereocenters. The highest BCUT2D eigenvalue weighted by molar-refractivity contribution is 7.90. The van der Waals surface area contributed by atoms with Crippen molar-refractivity contribution in [3.63, 3.8) is 0 Å². The van der Waals surface area contributed by atoms with Crippen LogP contribution in [-0.2, 0) is 21.9 Å². The third-order valence-electron chi connectivity index (χ3n) is 9.29. The maximum atomic E-state index is 13.2. The molecule has 2 aliphatic carbocycles. The van der Waals surface area contributed by atoms with Gasteiger partial charge in [0.2, 0.25) is 10.0 Å². The molecule has 1 amide bonds. The molecule has 0 saturated heterocycles. The fourth-order valence-corrected chi connectivity index (χ4v) is 8.65. The number of nitrogens with one attached hydrogen (secondary N) is 1. The summed E-state index contributed by atoms with van der Waals surface area (Å²) in [6.45, 7) is 3.75. The van der Waals surface area contributed by atoms with Crippen molar-refractivity contribution in [3.8, 4) is 5.75 Å². The largest absolute Gasteiger partial charge is 0.490 e. The number of allylic oxidation sites excluding steroid dienone is 1. The Kier molecular flexibility index (Phi) is 7.38. The van der Waals surface area contributed by atoms with Gasteiger partial charge in [-0.3, -0.25) is 4.79 Å². The molecule has 1 fully saturated rings. The van der Waals surface area contributed by atoms with Crippen LogP contribution in [0.3, 0.4) is 0 Å². The molecule has 2 aromatic rings.